The monoisotopic (exact) mass is 186 g/mol. The Morgan fingerprint density at radius 2 is 1.85 bits per heavy atom. The van der Waals surface area contributed by atoms with Crippen LogP contribution in [0.5, 0.6) is 0 Å². The highest BCUT2D eigenvalue weighted by atomic mass is 19.1. The van der Waals surface area contributed by atoms with Crippen molar-refractivity contribution in [1.29, 1.82) is 0 Å². The molecule has 3 fully saturated rings. The third-order valence-electron chi connectivity index (χ3n) is 3.79. The van der Waals surface area contributed by atoms with Crippen LogP contribution >= 0.6 is 0 Å². The van der Waals surface area contributed by atoms with Gasteiger partial charge in [-0.25, -0.2) is 0 Å². The Labute approximate surface area is 79.0 Å². The number of rotatable bonds is 6. The molecule has 2 bridgehead atoms. The maximum absolute atomic E-state index is 11.8. The Hall–Kier alpha value is -0.150. The van der Waals surface area contributed by atoms with Gasteiger partial charge < -0.3 is 0 Å². The molecule has 3 heteroatoms. The zero-order valence-electron chi connectivity index (χ0n) is 8.11. The SMILES string of the molecule is NNC12CC(CCCCCF)(C1)C2. The summed E-state index contributed by atoms with van der Waals surface area (Å²) in [5, 5.41) is 0. The summed E-state index contributed by atoms with van der Waals surface area (Å²) < 4.78 is 11.8. The van der Waals surface area contributed by atoms with Crippen LogP contribution in [0.3, 0.4) is 0 Å². The van der Waals surface area contributed by atoms with Crippen LogP contribution in [0, 0.1) is 5.41 Å². The average molecular weight is 186 g/mol. The highest BCUT2D eigenvalue weighted by Gasteiger charge is 2.66. The van der Waals surface area contributed by atoms with Crippen LogP contribution in [0.2, 0.25) is 0 Å². The lowest BCUT2D eigenvalue weighted by Gasteiger charge is -2.70. The molecule has 76 valence electrons. The fraction of sp³-hybridized carbons (Fsp3) is 1.00. The lowest BCUT2D eigenvalue weighted by atomic mass is 9.38. The smallest absolute Gasteiger partial charge is 0.0894 e. The molecule has 2 nitrogen and oxygen atoms in total. The summed E-state index contributed by atoms with van der Waals surface area (Å²) in [6.45, 7) is -0.151. The first-order valence-electron chi connectivity index (χ1n) is 5.28. The molecule has 0 unspecified atom stereocenters. The van der Waals surface area contributed by atoms with Crippen molar-refractivity contribution in [2.45, 2.75) is 50.5 Å². The normalized spacial score (nSPS) is 41.1. The van der Waals surface area contributed by atoms with E-state index in [0.29, 0.717) is 11.0 Å². The molecule has 0 aromatic rings. The highest BCUT2D eigenvalue weighted by Crippen LogP contribution is 2.69. The average Bonchev–Trinajstić information content (AvgIpc) is 1.99. The van der Waals surface area contributed by atoms with Gasteiger partial charge in [0.1, 0.15) is 0 Å². The van der Waals surface area contributed by atoms with Crippen LogP contribution in [0.25, 0.3) is 0 Å². The highest BCUT2D eigenvalue weighted by molar-refractivity contribution is 5.21. The number of alkyl halides is 1. The molecule has 3 rings (SSSR count). The predicted molar refractivity (Wildman–Crippen MR) is 50.8 cm³/mol. The number of hydrogen-bond donors (Lipinski definition) is 2. The zero-order valence-corrected chi connectivity index (χ0v) is 8.11. The van der Waals surface area contributed by atoms with Crippen molar-refractivity contribution in [1.82, 2.24) is 5.43 Å². The van der Waals surface area contributed by atoms with E-state index in [9.17, 15) is 4.39 Å². The fourth-order valence-electron chi connectivity index (χ4n) is 3.19. The summed E-state index contributed by atoms with van der Waals surface area (Å²) in [5.74, 6) is 5.44. The van der Waals surface area contributed by atoms with Gasteiger partial charge in [-0.05, 0) is 37.5 Å². The molecule has 3 N–H and O–H groups in total. The van der Waals surface area contributed by atoms with Gasteiger partial charge in [0, 0.05) is 5.54 Å². The number of halogens is 1. The van der Waals surface area contributed by atoms with Crippen molar-refractivity contribution in [2.75, 3.05) is 6.67 Å². The van der Waals surface area contributed by atoms with Crippen molar-refractivity contribution >= 4 is 0 Å². The van der Waals surface area contributed by atoms with E-state index in [-0.39, 0.29) is 6.67 Å². The molecule has 3 aliphatic rings. The van der Waals surface area contributed by atoms with E-state index in [2.05, 4.69) is 5.43 Å². The third kappa shape index (κ3) is 1.48. The van der Waals surface area contributed by atoms with Crippen molar-refractivity contribution in [3.05, 3.63) is 0 Å². The molecule has 0 aromatic heterocycles. The summed E-state index contributed by atoms with van der Waals surface area (Å²) in [6.07, 6.45) is 8.06. The maximum Gasteiger partial charge on any atom is 0.0894 e. The van der Waals surface area contributed by atoms with E-state index in [1.165, 1.54) is 32.1 Å². The molecule has 13 heavy (non-hydrogen) atoms. The third-order valence-corrected chi connectivity index (χ3v) is 3.79. The van der Waals surface area contributed by atoms with E-state index >= 15 is 0 Å². The van der Waals surface area contributed by atoms with Crippen molar-refractivity contribution < 1.29 is 4.39 Å². The Bertz CT molecular complexity index is 174. The van der Waals surface area contributed by atoms with Gasteiger partial charge in [-0.3, -0.25) is 15.7 Å². The maximum atomic E-state index is 11.8. The molecule has 0 heterocycles. The molecule has 0 atom stereocenters. The van der Waals surface area contributed by atoms with Gasteiger partial charge in [0.25, 0.3) is 0 Å². The summed E-state index contributed by atoms with van der Waals surface area (Å²) in [7, 11) is 0. The quantitative estimate of drug-likeness (QED) is 0.378. The molecule has 0 amide bonds. The Morgan fingerprint density at radius 3 is 2.38 bits per heavy atom. The molecule has 0 saturated heterocycles. The minimum atomic E-state index is -0.151. The van der Waals surface area contributed by atoms with Gasteiger partial charge in [0.05, 0.1) is 6.67 Å². The second-order valence-electron chi connectivity index (χ2n) is 4.95. The van der Waals surface area contributed by atoms with Gasteiger partial charge in [0.15, 0.2) is 0 Å². The predicted octanol–water partition coefficient (Wildman–Crippen LogP) is 1.90. The summed E-state index contributed by atoms with van der Waals surface area (Å²) >= 11 is 0. The van der Waals surface area contributed by atoms with E-state index in [4.69, 9.17) is 5.84 Å². The minimum Gasteiger partial charge on any atom is -0.271 e. The van der Waals surface area contributed by atoms with Gasteiger partial charge in [-0.15, -0.1) is 0 Å². The Kier molecular flexibility index (Phi) is 2.32. The topological polar surface area (TPSA) is 38.0 Å². The lowest BCUT2D eigenvalue weighted by Crippen LogP contribution is -2.75. The van der Waals surface area contributed by atoms with E-state index in [1.54, 1.807) is 0 Å². The van der Waals surface area contributed by atoms with Crippen LogP contribution in [-0.2, 0) is 0 Å². The molecule has 0 spiro atoms. The Morgan fingerprint density at radius 1 is 1.15 bits per heavy atom. The molecule has 0 aliphatic heterocycles. The van der Waals surface area contributed by atoms with E-state index in [1.807, 2.05) is 0 Å². The van der Waals surface area contributed by atoms with Gasteiger partial charge >= 0.3 is 0 Å². The number of hydrazine groups is 1. The molecular weight excluding hydrogens is 167 g/mol. The minimum absolute atomic E-state index is 0.151. The van der Waals surface area contributed by atoms with Crippen molar-refractivity contribution in [2.24, 2.45) is 11.3 Å². The van der Waals surface area contributed by atoms with Crippen molar-refractivity contribution in [3.63, 3.8) is 0 Å². The Balaban J connectivity index is 1.59. The molecule has 0 radical (unpaired) electrons. The number of hydrogen-bond acceptors (Lipinski definition) is 2. The summed E-state index contributed by atoms with van der Waals surface area (Å²) in [4.78, 5) is 0. The second-order valence-corrected chi connectivity index (χ2v) is 4.95. The largest absolute Gasteiger partial charge is 0.271 e. The molecular formula is C10H19FN2. The van der Waals surface area contributed by atoms with Gasteiger partial charge in [-0.1, -0.05) is 12.8 Å². The van der Waals surface area contributed by atoms with E-state index < -0.39 is 0 Å². The van der Waals surface area contributed by atoms with Gasteiger partial charge in [-0.2, -0.15) is 0 Å². The van der Waals surface area contributed by atoms with E-state index in [0.717, 1.165) is 12.8 Å². The number of nitrogens with one attached hydrogen (secondary N) is 1. The summed E-state index contributed by atoms with van der Waals surface area (Å²) in [6, 6.07) is 0. The second kappa shape index (κ2) is 3.21. The summed E-state index contributed by atoms with van der Waals surface area (Å²) in [5.41, 5.74) is 3.84. The first-order valence-corrected chi connectivity index (χ1v) is 5.28. The standard InChI is InChI=1S/C10H19FN2/c11-5-3-1-2-4-9-6-10(7-9,8-9)13-12/h13H,1-8,12H2. The van der Waals surface area contributed by atoms with Crippen molar-refractivity contribution in [3.8, 4) is 0 Å². The van der Waals surface area contributed by atoms with Crippen LogP contribution in [0.1, 0.15) is 44.9 Å². The lowest BCUT2D eigenvalue weighted by molar-refractivity contribution is -0.160. The number of unbranched alkanes of at least 4 members (excludes halogenated alkanes) is 2. The van der Waals surface area contributed by atoms with Crippen LogP contribution in [-0.4, -0.2) is 12.2 Å². The number of nitrogens with two attached hydrogens (primary N) is 1. The van der Waals surface area contributed by atoms with Gasteiger partial charge in [0.2, 0.25) is 0 Å². The first kappa shape index (κ1) is 9.41. The molecule has 3 aliphatic carbocycles. The first-order chi connectivity index (χ1) is 6.24. The van der Waals surface area contributed by atoms with Crippen LogP contribution in [0.15, 0.2) is 0 Å². The molecule has 0 aromatic carbocycles. The zero-order chi connectivity index (χ0) is 9.36. The fourth-order valence-corrected chi connectivity index (χ4v) is 3.19. The van der Waals surface area contributed by atoms with Crippen LogP contribution in [0.4, 0.5) is 4.39 Å². The van der Waals surface area contributed by atoms with Crippen LogP contribution < -0.4 is 11.3 Å². The molecule has 3 saturated carbocycles.